The molecule has 2 aliphatic rings. The lowest BCUT2D eigenvalue weighted by Gasteiger charge is -2.18. The van der Waals surface area contributed by atoms with Gasteiger partial charge in [0.2, 0.25) is 0 Å². The Labute approximate surface area is 182 Å². The van der Waals surface area contributed by atoms with Crippen LogP contribution in [0, 0.1) is 0 Å². The number of hydrogen-bond acceptors (Lipinski definition) is 4. The Bertz CT molecular complexity index is 626. The summed E-state index contributed by atoms with van der Waals surface area (Å²) in [4.78, 5) is 22.9. The molecule has 0 fully saturated rings. The molecule has 168 valence electrons. The van der Waals surface area contributed by atoms with Gasteiger partial charge >= 0.3 is 11.9 Å². The van der Waals surface area contributed by atoms with E-state index in [0.717, 1.165) is 30.4 Å². The summed E-state index contributed by atoms with van der Waals surface area (Å²) in [6, 6.07) is 4.41. The molecular formula is C26H40O4. The summed E-state index contributed by atoms with van der Waals surface area (Å²) in [6.07, 6.45) is 17.4. The Morgan fingerprint density at radius 1 is 0.633 bits per heavy atom. The van der Waals surface area contributed by atoms with Crippen LogP contribution in [-0.4, -0.2) is 11.9 Å². The quantitative estimate of drug-likeness (QED) is 0.519. The smallest absolute Gasteiger partial charge is 0.302 e. The van der Waals surface area contributed by atoms with Crippen molar-refractivity contribution in [2.75, 3.05) is 0 Å². The summed E-state index contributed by atoms with van der Waals surface area (Å²) < 4.78 is 10.7. The Hall–Kier alpha value is -1.84. The second kappa shape index (κ2) is 14.2. The fourth-order valence-corrected chi connectivity index (χ4v) is 4.35. The molecule has 4 heteroatoms. The van der Waals surface area contributed by atoms with Crippen molar-refractivity contribution in [3.05, 3.63) is 34.4 Å². The summed E-state index contributed by atoms with van der Waals surface area (Å²) in [7, 11) is 0. The van der Waals surface area contributed by atoms with E-state index in [1.807, 2.05) is 0 Å². The predicted molar refractivity (Wildman–Crippen MR) is 120 cm³/mol. The van der Waals surface area contributed by atoms with E-state index in [0.29, 0.717) is 13.2 Å². The first kappa shape index (κ1) is 24.4. The molecule has 0 N–H and O–H groups in total. The summed E-state index contributed by atoms with van der Waals surface area (Å²) in [5, 5.41) is 0. The van der Waals surface area contributed by atoms with Crippen molar-refractivity contribution in [1.82, 2.24) is 0 Å². The van der Waals surface area contributed by atoms with Crippen LogP contribution in [0.25, 0.3) is 0 Å². The fraction of sp³-hybridized carbons (Fsp3) is 0.692. The molecule has 0 amide bonds. The van der Waals surface area contributed by atoms with Crippen LogP contribution in [0.2, 0.25) is 0 Å². The molecule has 0 aromatic heterocycles. The van der Waals surface area contributed by atoms with Gasteiger partial charge in [0.15, 0.2) is 0 Å². The number of hydrogen-bond donors (Lipinski definition) is 0. The minimum Gasteiger partial charge on any atom is -0.461 e. The van der Waals surface area contributed by atoms with Crippen LogP contribution in [0.5, 0.6) is 0 Å². The number of esters is 2. The number of fused-ring (bicyclic) bond motifs is 15. The first-order chi connectivity index (χ1) is 14.6. The Morgan fingerprint density at radius 3 is 1.40 bits per heavy atom. The van der Waals surface area contributed by atoms with Crippen LogP contribution in [0.1, 0.15) is 113 Å². The third-order valence-corrected chi connectivity index (χ3v) is 6.00. The first-order valence-electron chi connectivity index (χ1n) is 12.0. The van der Waals surface area contributed by atoms with E-state index in [9.17, 15) is 9.59 Å². The van der Waals surface area contributed by atoms with Crippen LogP contribution < -0.4 is 0 Å². The van der Waals surface area contributed by atoms with Gasteiger partial charge in [0, 0.05) is 13.8 Å². The highest BCUT2D eigenvalue weighted by Gasteiger charge is 2.14. The fourth-order valence-electron chi connectivity index (χ4n) is 4.35. The highest BCUT2D eigenvalue weighted by atomic mass is 16.5. The Kier molecular flexibility index (Phi) is 11.6. The zero-order chi connectivity index (χ0) is 21.6. The topological polar surface area (TPSA) is 52.6 Å². The third kappa shape index (κ3) is 9.77. The van der Waals surface area contributed by atoms with Crippen LogP contribution in [0.15, 0.2) is 12.1 Å². The first-order valence-corrected chi connectivity index (χ1v) is 12.0. The molecule has 0 unspecified atom stereocenters. The minimum absolute atomic E-state index is 0.262. The van der Waals surface area contributed by atoms with E-state index in [4.69, 9.17) is 9.47 Å². The average Bonchev–Trinajstić information content (AvgIpc) is 2.71. The van der Waals surface area contributed by atoms with E-state index in [2.05, 4.69) is 12.1 Å². The van der Waals surface area contributed by atoms with Crippen LogP contribution in [0.4, 0.5) is 0 Å². The molecule has 0 saturated carbocycles. The van der Waals surface area contributed by atoms with Gasteiger partial charge in [-0.1, -0.05) is 76.3 Å². The summed E-state index contributed by atoms with van der Waals surface area (Å²) in [5.74, 6) is -0.523. The molecule has 0 aliphatic heterocycles. The number of aryl methyl sites for hydroxylation is 1. The molecule has 0 spiro atoms. The van der Waals surface area contributed by atoms with Gasteiger partial charge in [0.05, 0.1) is 0 Å². The number of rotatable bonds is 4. The van der Waals surface area contributed by atoms with Gasteiger partial charge in [0.25, 0.3) is 0 Å². The van der Waals surface area contributed by atoms with Crippen molar-refractivity contribution in [3.63, 3.8) is 0 Å². The standard InChI is InChI=1S/C26H40O4/c1-21(27)29-19-24-17-23-15-13-11-9-7-5-3-4-6-8-10-12-14-16-26(24)25(18-23)20-30-22(2)28/h17-18H,3-16,19-20H2,1-2H3. The minimum atomic E-state index is -0.262. The van der Waals surface area contributed by atoms with Gasteiger partial charge < -0.3 is 9.47 Å². The van der Waals surface area contributed by atoms with Crippen LogP contribution in [0.3, 0.4) is 0 Å². The monoisotopic (exact) mass is 416 g/mol. The maximum absolute atomic E-state index is 11.4. The van der Waals surface area contributed by atoms with Crippen molar-refractivity contribution < 1.29 is 19.1 Å². The van der Waals surface area contributed by atoms with Gasteiger partial charge in [-0.3, -0.25) is 9.59 Å². The molecule has 1 aromatic rings. The van der Waals surface area contributed by atoms with E-state index < -0.39 is 0 Å². The molecule has 2 bridgehead atoms. The number of benzene rings is 1. The number of carbonyl (C=O) groups is 2. The molecule has 0 heterocycles. The lowest BCUT2D eigenvalue weighted by Crippen LogP contribution is -2.09. The predicted octanol–water partition coefficient (Wildman–Crippen LogP) is 6.59. The SMILES string of the molecule is CC(=O)OCc1cc2cc(COC(C)=O)c1CCCCCCCCCCCCCC2. The maximum atomic E-state index is 11.4. The molecule has 0 saturated heterocycles. The van der Waals surface area contributed by atoms with Gasteiger partial charge in [-0.15, -0.1) is 0 Å². The molecule has 1 aromatic carbocycles. The molecular weight excluding hydrogens is 376 g/mol. The highest BCUT2D eigenvalue weighted by molar-refractivity contribution is 5.66. The molecule has 30 heavy (non-hydrogen) atoms. The summed E-state index contributed by atoms with van der Waals surface area (Å²) >= 11 is 0. The molecule has 0 radical (unpaired) electrons. The second-order valence-electron chi connectivity index (χ2n) is 8.70. The van der Waals surface area contributed by atoms with Crippen molar-refractivity contribution in [1.29, 1.82) is 0 Å². The zero-order valence-corrected chi connectivity index (χ0v) is 19.1. The maximum Gasteiger partial charge on any atom is 0.302 e. The van der Waals surface area contributed by atoms with Crippen molar-refractivity contribution in [3.8, 4) is 0 Å². The van der Waals surface area contributed by atoms with Crippen molar-refractivity contribution in [2.24, 2.45) is 0 Å². The van der Waals surface area contributed by atoms with Gasteiger partial charge in [0.1, 0.15) is 13.2 Å². The van der Waals surface area contributed by atoms with Crippen molar-refractivity contribution in [2.45, 2.75) is 117 Å². The van der Waals surface area contributed by atoms with Crippen LogP contribution >= 0.6 is 0 Å². The van der Waals surface area contributed by atoms with Crippen molar-refractivity contribution >= 4 is 11.9 Å². The second-order valence-corrected chi connectivity index (χ2v) is 8.70. The Balaban J connectivity index is 2.22. The molecule has 0 atom stereocenters. The van der Waals surface area contributed by atoms with E-state index in [-0.39, 0.29) is 11.9 Å². The van der Waals surface area contributed by atoms with E-state index in [1.54, 1.807) is 0 Å². The average molecular weight is 417 g/mol. The Morgan fingerprint density at radius 2 is 1.00 bits per heavy atom. The lowest BCUT2D eigenvalue weighted by atomic mass is 9.91. The normalized spacial score (nSPS) is 17.0. The molecule has 4 nitrogen and oxygen atoms in total. The van der Waals surface area contributed by atoms with E-state index in [1.165, 1.54) is 95.6 Å². The van der Waals surface area contributed by atoms with Gasteiger partial charge in [-0.2, -0.15) is 0 Å². The lowest BCUT2D eigenvalue weighted by molar-refractivity contribution is -0.142. The van der Waals surface area contributed by atoms with Gasteiger partial charge in [-0.25, -0.2) is 0 Å². The van der Waals surface area contributed by atoms with Gasteiger partial charge in [-0.05, 0) is 47.9 Å². The van der Waals surface area contributed by atoms with Crippen LogP contribution in [-0.2, 0) is 45.1 Å². The third-order valence-electron chi connectivity index (χ3n) is 6.00. The molecule has 3 rings (SSSR count). The number of ether oxygens (including phenoxy) is 2. The summed E-state index contributed by atoms with van der Waals surface area (Å²) in [6.45, 7) is 3.50. The largest absolute Gasteiger partial charge is 0.461 e. The number of carbonyl (C=O) groups excluding carboxylic acids is 2. The molecule has 2 aliphatic carbocycles. The van der Waals surface area contributed by atoms with E-state index >= 15 is 0 Å². The summed E-state index contributed by atoms with van der Waals surface area (Å²) in [5.41, 5.74) is 4.60. The highest BCUT2D eigenvalue weighted by Crippen LogP contribution is 2.25. The zero-order valence-electron chi connectivity index (χ0n) is 19.1.